The summed E-state index contributed by atoms with van der Waals surface area (Å²) in [4.78, 5) is 17.1. The molecule has 1 amide bonds. The second kappa shape index (κ2) is 6.09. The SMILES string of the molecule is CCOC1CC1C(=O)Nc1nc2ccccc2n1-c1ccccc1. The predicted octanol–water partition coefficient (Wildman–Crippen LogP) is 3.39. The molecule has 2 unspecified atom stereocenters. The molecule has 0 radical (unpaired) electrons. The highest BCUT2D eigenvalue weighted by Gasteiger charge is 2.44. The molecule has 24 heavy (non-hydrogen) atoms. The van der Waals surface area contributed by atoms with Crippen molar-refractivity contribution in [3.8, 4) is 5.69 Å². The van der Waals surface area contributed by atoms with Crippen LogP contribution in [0.15, 0.2) is 54.6 Å². The summed E-state index contributed by atoms with van der Waals surface area (Å²) in [5.74, 6) is 0.449. The molecule has 1 heterocycles. The molecule has 122 valence electrons. The Labute approximate surface area is 140 Å². The van der Waals surface area contributed by atoms with E-state index in [0.717, 1.165) is 23.1 Å². The van der Waals surface area contributed by atoms with Gasteiger partial charge in [-0.2, -0.15) is 0 Å². The first-order valence-electron chi connectivity index (χ1n) is 8.23. The highest BCUT2D eigenvalue weighted by atomic mass is 16.5. The van der Waals surface area contributed by atoms with Crippen LogP contribution in [0, 0.1) is 5.92 Å². The number of carbonyl (C=O) groups excluding carboxylic acids is 1. The van der Waals surface area contributed by atoms with E-state index in [1.165, 1.54) is 0 Å². The molecule has 0 bridgehead atoms. The van der Waals surface area contributed by atoms with Gasteiger partial charge in [-0.1, -0.05) is 30.3 Å². The fraction of sp³-hybridized carbons (Fsp3) is 0.263. The molecular weight excluding hydrogens is 302 g/mol. The van der Waals surface area contributed by atoms with E-state index in [-0.39, 0.29) is 17.9 Å². The Hall–Kier alpha value is -2.66. The number of ether oxygens (including phenoxy) is 1. The highest BCUT2D eigenvalue weighted by molar-refractivity contribution is 5.95. The fourth-order valence-electron chi connectivity index (χ4n) is 3.00. The maximum Gasteiger partial charge on any atom is 0.232 e. The van der Waals surface area contributed by atoms with Crippen molar-refractivity contribution in [2.75, 3.05) is 11.9 Å². The van der Waals surface area contributed by atoms with Gasteiger partial charge in [-0.05, 0) is 37.6 Å². The average Bonchev–Trinajstić information content (AvgIpc) is 3.28. The number of aromatic nitrogens is 2. The zero-order valence-corrected chi connectivity index (χ0v) is 13.5. The molecule has 1 aliphatic rings. The number of carbonyl (C=O) groups is 1. The number of amides is 1. The van der Waals surface area contributed by atoms with Gasteiger partial charge in [0.1, 0.15) is 0 Å². The number of nitrogens with one attached hydrogen (secondary N) is 1. The van der Waals surface area contributed by atoms with E-state index >= 15 is 0 Å². The summed E-state index contributed by atoms with van der Waals surface area (Å²) in [7, 11) is 0. The third-order valence-corrected chi connectivity index (χ3v) is 4.26. The topological polar surface area (TPSA) is 56.1 Å². The Bertz CT molecular complexity index is 873. The third kappa shape index (κ3) is 2.67. The Morgan fingerprint density at radius 3 is 2.75 bits per heavy atom. The summed E-state index contributed by atoms with van der Waals surface area (Å²) in [6.45, 7) is 2.58. The fourth-order valence-corrected chi connectivity index (χ4v) is 3.00. The van der Waals surface area contributed by atoms with Crippen molar-refractivity contribution in [1.29, 1.82) is 0 Å². The minimum absolute atomic E-state index is 0.0269. The van der Waals surface area contributed by atoms with E-state index < -0.39 is 0 Å². The van der Waals surface area contributed by atoms with E-state index in [1.54, 1.807) is 0 Å². The van der Waals surface area contributed by atoms with Crippen LogP contribution in [0.25, 0.3) is 16.7 Å². The van der Waals surface area contributed by atoms with Crippen molar-refractivity contribution >= 4 is 22.9 Å². The van der Waals surface area contributed by atoms with Gasteiger partial charge in [0, 0.05) is 12.3 Å². The monoisotopic (exact) mass is 321 g/mol. The van der Waals surface area contributed by atoms with Crippen LogP contribution in [0.4, 0.5) is 5.95 Å². The molecule has 0 saturated heterocycles. The van der Waals surface area contributed by atoms with Crippen LogP contribution < -0.4 is 5.32 Å². The van der Waals surface area contributed by atoms with Gasteiger partial charge >= 0.3 is 0 Å². The Morgan fingerprint density at radius 1 is 1.21 bits per heavy atom. The van der Waals surface area contributed by atoms with Crippen molar-refractivity contribution in [3.05, 3.63) is 54.6 Å². The Morgan fingerprint density at radius 2 is 1.96 bits per heavy atom. The van der Waals surface area contributed by atoms with Crippen molar-refractivity contribution in [2.24, 2.45) is 5.92 Å². The lowest BCUT2D eigenvalue weighted by Gasteiger charge is -2.10. The number of rotatable bonds is 5. The first-order chi connectivity index (χ1) is 11.8. The van der Waals surface area contributed by atoms with Crippen LogP contribution in [0.3, 0.4) is 0 Å². The lowest BCUT2D eigenvalue weighted by Crippen LogP contribution is -2.19. The Balaban J connectivity index is 1.69. The molecular formula is C19H19N3O2. The van der Waals surface area contributed by atoms with Crippen LogP contribution in [0.2, 0.25) is 0 Å². The van der Waals surface area contributed by atoms with Gasteiger partial charge in [-0.3, -0.25) is 14.7 Å². The second-order valence-corrected chi connectivity index (χ2v) is 5.92. The number of para-hydroxylation sites is 3. The number of nitrogens with zero attached hydrogens (tertiary/aromatic N) is 2. The highest BCUT2D eigenvalue weighted by Crippen LogP contribution is 2.35. The van der Waals surface area contributed by atoms with Crippen molar-refractivity contribution in [3.63, 3.8) is 0 Å². The zero-order valence-electron chi connectivity index (χ0n) is 13.5. The second-order valence-electron chi connectivity index (χ2n) is 5.92. The molecule has 5 heteroatoms. The lowest BCUT2D eigenvalue weighted by molar-refractivity contribution is -0.118. The normalized spacial score (nSPS) is 19.4. The number of hydrogen-bond donors (Lipinski definition) is 1. The first kappa shape index (κ1) is 14.9. The van der Waals surface area contributed by atoms with Gasteiger partial charge in [0.15, 0.2) is 0 Å². The van der Waals surface area contributed by atoms with Crippen LogP contribution in [0.1, 0.15) is 13.3 Å². The van der Waals surface area contributed by atoms with Gasteiger partial charge in [-0.25, -0.2) is 4.98 Å². The smallest absolute Gasteiger partial charge is 0.232 e. The minimum atomic E-state index is -0.0750. The Kier molecular flexibility index (Phi) is 3.78. The van der Waals surface area contributed by atoms with Gasteiger partial charge in [0.05, 0.1) is 23.1 Å². The molecule has 1 N–H and O–H groups in total. The van der Waals surface area contributed by atoms with Gasteiger partial charge in [0.25, 0.3) is 0 Å². The molecule has 5 nitrogen and oxygen atoms in total. The van der Waals surface area contributed by atoms with Gasteiger partial charge in [-0.15, -0.1) is 0 Å². The van der Waals surface area contributed by atoms with Crippen LogP contribution in [0.5, 0.6) is 0 Å². The quantitative estimate of drug-likeness (QED) is 0.783. The molecule has 1 saturated carbocycles. The summed E-state index contributed by atoms with van der Waals surface area (Å²) in [6, 6.07) is 17.8. The van der Waals surface area contributed by atoms with Crippen LogP contribution in [-0.2, 0) is 9.53 Å². The molecule has 2 aromatic carbocycles. The lowest BCUT2D eigenvalue weighted by atomic mass is 10.3. The van der Waals surface area contributed by atoms with Gasteiger partial charge in [0.2, 0.25) is 11.9 Å². The summed E-state index contributed by atoms with van der Waals surface area (Å²) >= 11 is 0. The molecule has 2 atom stereocenters. The molecule has 3 aromatic rings. The summed E-state index contributed by atoms with van der Waals surface area (Å²) in [6.07, 6.45) is 0.829. The summed E-state index contributed by atoms with van der Waals surface area (Å²) in [5.41, 5.74) is 2.80. The minimum Gasteiger partial charge on any atom is -0.378 e. The standard InChI is InChI=1S/C19H19N3O2/c1-2-24-17-12-14(17)18(23)21-19-20-15-10-6-7-11-16(15)22(19)13-8-4-3-5-9-13/h3-11,14,17H,2,12H2,1H3,(H,20,21,23). The molecule has 0 aliphatic heterocycles. The maximum atomic E-state index is 12.5. The number of hydrogen-bond acceptors (Lipinski definition) is 3. The summed E-state index contributed by atoms with van der Waals surface area (Å²) < 4.78 is 7.49. The summed E-state index contributed by atoms with van der Waals surface area (Å²) in [5, 5.41) is 2.98. The van der Waals surface area contributed by atoms with Gasteiger partial charge < -0.3 is 4.74 Å². The van der Waals surface area contributed by atoms with E-state index in [4.69, 9.17) is 4.74 Å². The average molecular weight is 321 g/mol. The molecule has 1 aromatic heterocycles. The van der Waals surface area contributed by atoms with Crippen molar-refractivity contribution in [1.82, 2.24) is 9.55 Å². The molecule has 1 fully saturated rings. The predicted molar refractivity (Wildman–Crippen MR) is 93.2 cm³/mol. The number of anilines is 1. The number of benzene rings is 2. The third-order valence-electron chi connectivity index (χ3n) is 4.26. The first-order valence-corrected chi connectivity index (χ1v) is 8.23. The van der Waals surface area contributed by atoms with E-state index in [0.29, 0.717) is 12.6 Å². The van der Waals surface area contributed by atoms with Crippen LogP contribution >= 0.6 is 0 Å². The van der Waals surface area contributed by atoms with E-state index in [9.17, 15) is 4.79 Å². The zero-order chi connectivity index (χ0) is 16.5. The number of fused-ring (bicyclic) bond motifs is 1. The molecule has 4 rings (SSSR count). The maximum absolute atomic E-state index is 12.5. The molecule has 0 spiro atoms. The molecule has 1 aliphatic carbocycles. The van der Waals surface area contributed by atoms with Crippen molar-refractivity contribution in [2.45, 2.75) is 19.4 Å². The largest absolute Gasteiger partial charge is 0.378 e. The van der Waals surface area contributed by atoms with E-state index in [1.807, 2.05) is 66.1 Å². The van der Waals surface area contributed by atoms with Crippen molar-refractivity contribution < 1.29 is 9.53 Å². The number of imidazole rings is 1. The van der Waals surface area contributed by atoms with Crippen LogP contribution in [-0.4, -0.2) is 28.2 Å². The van der Waals surface area contributed by atoms with E-state index in [2.05, 4.69) is 10.3 Å².